The van der Waals surface area contributed by atoms with Crippen LogP contribution in [0.4, 0.5) is 10.5 Å². The summed E-state index contributed by atoms with van der Waals surface area (Å²) < 4.78 is 7.30. The number of nitrogens with one attached hydrogen (secondary N) is 1. The van der Waals surface area contributed by atoms with Gasteiger partial charge in [0, 0.05) is 44.2 Å². The van der Waals surface area contributed by atoms with Gasteiger partial charge in [0.25, 0.3) is 0 Å². The van der Waals surface area contributed by atoms with Gasteiger partial charge in [-0.25, -0.2) is 4.79 Å². The van der Waals surface area contributed by atoms with E-state index in [4.69, 9.17) is 4.74 Å². The highest BCUT2D eigenvalue weighted by Crippen LogP contribution is 2.22. The number of nitrogens with zero attached hydrogens (tertiary/aromatic N) is 3. The minimum atomic E-state index is -0.0300. The molecule has 2 amide bonds. The first kappa shape index (κ1) is 17.5. The maximum Gasteiger partial charge on any atom is 0.321 e. The molecule has 1 N–H and O–H groups in total. The molecule has 25 heavy (non-hydrogen) atoms. The summed E-state index contributed by atoms with van der Waals surface area (Å²) in [7, 11) is 1.93. The number of carbonyl (C=O) groups is 1. The molecule has 6 nitrogen and oxygen atoms in total. The van der Waals surface area contributed by atoms with Crippen LogP contribution in [0.1, 0.15) is 24.5 Å². The maximum atomic E-state index is 12.6. The standard InChI is InChI=1S/C19H26N4O2/c1-3-25-14-17-6-4-5-7-18(17)21-19(24)23-9-8-15(13-23)10-16-11-20-22(2)12-16/h4-7,11-12,15H,3,8-10,13-14H2,1-2H3,(H,21,24). The molecule has 0 radical (unpaired) electrons. The summed E-state index contributed by atoms with van der Waals surface area (Å²) in [6.07, 6.45) is 5.96. The second kappa shape index (κ2) is 8.16. The Bertz CT molecular complexity index is 713. The maximum absolute atomic E-state index is 12.6. The van der Waals surface area contributed by atoms with Gasteiger partial charge in [-0.2, -0.15) is 5.10 Å². The number of anilines is 1. The molecular formula is C19H26N4O2. The van der Waals surface area contributed by atoms with Crippen LogP contribution in [-0.4, -0.2) is 40.4 Å². The van der Waals surface area contributed by atoms with Crippen LogP contribution < -0.4 is 5.32 Å². The molecule has 1 saturated heterocycles. The Morgan fingerprint density at radius 1 is 1.40 bits per heavy atom. The molecule has 0 saturated carbocycles. The van der Waals surface area contributed by atoms with Gasteiger partial charge in [0.15, 0.2) is 0 Å². The van der Waals surface area contributed by atoms with E-state index in [-0.39, 0.29) is 6.03 Å². The topological polar surface area (TPSA) is 59.4 Å². The number of aromatic nitrogens is 2. The van der Waals surface area contributed by atoms with Gasteiger partial charge in [0.2, 0.25) is 0 Å². The van der Waals surface area contributed by atoms with Gasteiger partial charge >= 0.3 is 6.03 Å². The third-order valence-electron chi connectivity index (χ3n) is 4.58. The smallest absolute Gasteiger partial charge is 0.321 e. The third-order valence-corrected chi connectivity index (χ3v) is 4.58. The number of amides is 2. The van der Waals surface area contributed by atoms with Crippen LogP contribution in [0.5, 0.6) is 0 Å². The minimum absolute atomic E-state index is 0.0300. The van der Waals surface area contributed by atoms with Gasteiger partial charge in [-0.1, -0.05) is 18.2 Å². The Labute approximate surface area is 148 Å². The van der Waals surface area contributed by atoms with Crippen LogP contribution in [0.15, 0.2) is 36.7 Å². The molecule has 1 aliphatic heterocycles. The van der Waals surface area contributed by atoms with Crippen molar-refractivity contribution in [3.05, 3.63) is 47.8 Å². The van der Waals surface area contributed by atoms with E-state index in [2.05, 4.69) is 10.4 Å². The molecule has 3 rings (SSSR count). The normalized spacial score (nSPS) is 17.0. The molecule has 134 valence electrons. The summed E-state index contributed by atoms with van der Waals surface area (Å²) >= 11 is 0. The van der Waals surface area contributed by atoms with E-state index in [1.165, 1.54) is 5.56 Å². The summed E-state index contributed by atoms with van der Waals surface area (Å²) in [6.45, 7) is 4.72. The summed E-state index contributed by atoms with van der Waals surface area (Å²) in [5.41, 5.74) is 3.07. The fraction of sp³-hybridized carbons (Fsp3) is 0.474. The van der Waals surface area contributed by atoms with Crippen LogP contribution in [0.2, 0.25) is 0 Å². The largest absolute Gasteiger partial charge is 0.377 e. The predicted molar refractivity (Wildman–Crippen MR) is 97.4 cm³/mol. The highest BCUT2D eigenvalue weighted by molar-refractivity contribution is 5.90. The number of hydrogen-bond acceptors (Lipinski definition) is 3. The van der Waals surface area contributed by atoms with Crippen LogP contribution in [0.3, 0.4) is 0 Å². The number of aryl methyl sites for hydroxylation is 1. The SMILES string of the molecule is CCOCc1ccccc1NC(=O)N1CCC(Cc2cnn(C)c2)C1. The summed E-state index contributed by atoms with van der Waals surface area (Å²) in [5, 5.41) is 7.26. The molecule has 1 unspecified atom stereocenters. The molecule has 1 aromatic heterocycles. The van der Waals surface area contributed by atoms with Crippen molar-refractivity contribution in [2.45, 2.75) is 26.4 Å². The molecule has 1 fully saturated rings. The monoisotopic (exact) mass is 342 g/mol. The average molecular weight is 342 g/mol. The van der Waals surface area contributed by atoms with Crippen molar-refractivity contribution >= 4 is 11.7 Å². The lowest BCUT2D eigenvalue weighted by molar-refractivity contribution is 0.134. The summed E-state index contributed by atoms with van der Waals surface area (Å²) in [6, 6.07) is 7.78. The van der Waals surface area contributed by atoms with Crippen molar-refractivity contribution in [3.8, 4) is 0 Å². The Hall–Kier alpha value is -2.34. The Morgan fingerprint density at radius 2 is 2.24 bits per heavy atom. The van der Waals surface area contributed by atoms with Gasteiger partial charge in [0.05, 0.1) is 12.8 Å². The number of hydrogen-bond donors (Lipinski definition) is 1. The zero-order valence-corrected chi connectivity index (χ0v) is 14.9. The van der Waals surface area contributed by atoms with E-state index in [1.807, 2.05) is 60.2 Å². The molecule has 0 spiro atoms. The predicted octanol–water partition coefficient (Wildman–Crippen LogP) is 3.05. The molecule has 1 aromatic carbocycles. The quantitative estimate of drug-likeness (QED) is 0.878. The third kappa shape index (κ3) is 4.60. The van der Waals surface area contributed by atoms with E-state index >= 15 is 0 Å². The van der Waals surface area contributed by atoms with Crippen molar-refractivity contribution in [1.29, 1.82) is 0 Å². The number of ether oxygens (including phenoxy) is 1. The highest BCUT2D eigenvalue weighted by Gasteiger charge is 2.27. The number of likely N-dealkylation sites (tertiary alicyclic amines) is 1. The second-order valence-corrected chi connectivity index (χ2v) is 6.55. The van der Waals surface area contributed by atoms with E-state index < -0.39 is 0 Å². The summed E-state index contributed by atoms with van der Waals surface area (Å²) in [5.74, 6) is 0.494. The van der Waals surface area contributed by atoms with Crippen molar-refractivity contribution in [1.82, 2.24) is 14.7 Å². The van der Waals surface area contributed by atoms with Crippen molar-refractivity contribution in [2.24, 2.45) is 13.0 Å². The number of urea groups is 1. The molecule has 1 atom stereocenters. The first-order chi connectivity index (χ1) is 12.2. The fourth-order valence-corrected chi connectivity index (χ4v) is 3.27. The summed E-state index contributed by atoms with van der Waals surface area (Å²) in [4.78, 5) is 14.5. The van der Waals surface area contributed by atoms with Gasteiger partial charge < -0.3 is 15.0 Å². The zero-order chi connectivity index (χ0) is 17.6. The molecule has 0 bridgehead atoms. The van der Waals surface area contributed by atoms with Crippen molar-refractivity contribution in [3.63, 3.8) is 0 Å². The molecular weight excluding hydrogens is 316 g/mol. The van der Waals surface area contributed by atoms with Crippen LogP contribution >= 0.6 is 0 Å². The van der Waals surface area contributed by atoms with E-state index in [9.17, 15) is 4.79 Å². The lowest BCUT2D eigenvalue weighted by Gasteiger charge is -2.19. The molecule has 0 aliphatic carbocycles. The van der Waals surface area contributed by atoms with Crippen LogP contribution in [0, 0.1) is 5.92 Å². The lowest BCUT2D eigenvalue weighted by atomic mass is 10.0. The Morgan fingerprint density at radius 3 is 3.00 bits per heavy atom. The van der Waals surface area contributed by atoms with Gasteiger partial charge in [-0.3, -0.25) is 4.68 Å². The zero-order valence-electron chi connectivity index (χ0n) is 14.9. The van der Waals surface area contributed by atoms with E-state index in [1.54, 1.807) is 0 Å². The van der Waals surface area contributed by atoms with Gasteiger partial charge in [0.1, 0.15) is 0 Å². The first-order valence-corrected chi connectivity index (χ1v) is 8.84. The van der Waals surface area contributed by atoms with Crippen LogP contribution in [-0.2, 0) is 24.8 Å². The lowest BCUT2D eigenvalue weighted by Crippen LogP contribution is -2.33. The Balaban J connectivity index is 1.55. The van der Waals surface area contributed by atoms with Crippen molar-refractivity contribution < 1.29 is 9.53 Å². The molecule has 1 aliphatic rings. The molecule has 2 heterocycles. The van der Waals surface area contributed by atoms with Gasteiger partial charge in [-0.15, -0.1) is 0 Å². The highest BCUT2D eigenvalue weighted by atomic mass is 16.5. The molecule has 6 heteroatoms. The van der Waals surface area contributed by atoms with Gasteiger partial charge in [-0.05, 0) is 37.3 Å². The van der Waals surface area contributed by atoms with Crippen molar-refractivity contribution in [2.75, 3.05) is 25.0 Å². The first-order valence-electron chi connectivity index (χ1n) is 8.84. The minimum Gasteiger partial charge on any atom is -0.377 e. The molecule has 2 aromatic rings. The fourth-order valence-electron chi connectivity index (χ4n) is 3.27. The van der Waals surface area contributed by atoms with E-state index in [0.717, 1.165) is 37.2 Å². The van der Waals surface area contributed by atoms with Crippen LogP contribution in [0.25, 0.3) is 0 Å². The second-order valence-electron chi connectivity index (χ2n) is 6.55. The number of rotatable bonds is 6. The number of benzene rings is 1. The number of para-hydroxylation sites is 1. The van der Waals surface area contributed by atoms with E-state index in [0.29, 0.717) is 19.1 Å². The average Bonchev–Trinajstić information content (AvgIpc) is 3.23. The number of carbonyl (C=O) groups excluding carboxylic acids is 1. The Kier molecular flexibility index (Phi) is 5.71.